The largest absolute Gasteiger partial charge is 0.436 e. The summed E-state index contributed by atoms with van der Waals surface area (Å²) >= 11 is 1.73. The summed E-state index contributed by atoms with van der Waals surface area (Å²) in [6, 6.07) is 45.9. The van der Waals surface area contributed by atoms with Crippen LogP contribution in [0.25, 0.3) is 87.5 Å². The van der Waals surface area contributed by atoms with Crippen LogP contribution in [0.1, 0.15) is 0 Å². The molecule has 0 aliphatic carbocycles. The van der Waals surface area contributed by atoms with Crippen molar-refractivity contribution in [2.24, 2.45) is 0 Å². The molecule has 0 fully saturated rings. The summed E-state index contributed by atoms with van der Waals surface area (Å²) in [6.45, 7) is 0. The summed E-state index contributed by atoms with van der Waals surface area (Å²) in [5.41, 5.74) is 9.87. The van der Waals surface area contributed by atoms with Crippen molar-refractivity contribution in [1.82, 2.24) is 9.97 Å². The molecule has 0 aliphatic rings. The molecular weight excluding hydrogens is 548 g/mol. The van der Waals surface area contributed by atoms with Gasteiger partial charge in [-0.3, -0.25) is 0 Å². The lowest BCUT2D eigenvalue weighted by atomic mass is 10.0. The Hall–Kier alpha value is -5.52. The predicted molar refractivity (Wildman–Crippen MR) is 176 cm³/mol. The highest BCUT2D eigenvalue weighted by Gasteiger charge is 2.16. The van der Waals surface area contributed by atoms with E-state index >= 15 is 0 Å². The van der Waals surface area contributed by atoms with Gasteiger partial charge in [-0.1, -0.05) is 84.9 Å². The van der Waals surface area contributed by atoms with E-state index < -0.39 is 0 Å². The van der Waals surface area contributed by atoms with E-state index in [2.05, 4.69) is 121 Å². The van der Waals surface area contributed by atoms with E-state index in [9.17, 15) is 0 Å². The molecule has 0 amide bonds. The molecule has 3 heterocycles. The first kappa shape index (κ1) is 24.1. The Morgan fingerprint density at radius 1 is 0.395 bits per heavy atom. The molecule has 0 aliphatic heterocycles. The zero-order valence-electron chi connectivity index (χ0n) is 22.8. The number of fused-ring (bicyclic) bond motifs is 5. The van der Waals surface area contributed by atoms with Gasteiger partial charge >= 0.3 is 0 Å². The van der Waals surface area contributed by atoms with Crippen molar-refractivity contribution in [1.29, 1.82) is 0 Å². The molecule has 0 spiro atoms. The molecule has 0 saturated heterocycles. The fraction of sp³-hybridized carbons (Fsp3) is 0. The highest BCUT2D eigenvalue weighted by molar-refractivity contribution is 7.26. The first-order chi connectivity index (χ1) is 21.2. The van der Waals surface area contributed by atoms with Gasteiger partial charge < -0.3 is 8.83 Å². The first-order valence-corrected chi connectivity index (χ1v) is 15.0. The van der Waals surface area contributed by atoms with Crippen LogP contribution in [-0.2, 0) is 0 Å². The third kappa shape index (κ3) is 4.13. The zero-order chi connectivity index (χ0) is 28.3. The molecular formula is C38H22N2O2S. The van der Waals surface area contributed by atoms with E-state index in [0.29, 0.717) is 11.8 Å². The summed E-state index contributed by atoms with van der Waals surface area (Å²) in [6.07, 6.45) is 0. The number of rotatable bonds is 4. The van der Waals surface area contributed by atoms with Gasteiger partial charge in [-0.25, -0.2) is 9.97 Å². The Kier molecular flexibility index (Phi) is 5.33. The summed E-state index contributed by atoms with van der Waals surface area (Å²) < 4.78 is 14.8. The van der Waals surface area contributed by atoms with Crippen molar-refractivity contribution < 1.29 is 8.83 Å². The Morgan fingerprint density at radius 2 is 0.767 bits per heavy atom. The average molecular weight is 571 g/mol. The van der Waals surface area contributed by atoms with Crippen molar-refractivity contribution >= 4 is 53.7 Å². The number of benzene rings is 6. The summed E-state index contributed by atoms with van der Waals surface area (Å²) in [5.74, 6) is 1.25. The van der Waals surface area contributed by atoms with Crippen LogP contribution in [0.4, 0.5) is 0 Å². The molecule has 0 radical (unpaired) electrons. The number of aromatic nitrogens is 2. The standard InChI is InChI=1S/C38H22N2O2S/c1-3-7-23(8-4-1)25-11-15-27(16-12-25)37-39-31-19-29-30-20-32-34(22-36(30)43-35(29)21-33(31)41-37)42-38(40-32)28-17-13-26(14-18-28)24-9-5-2-6-10-24/h1-22H. The van der Waals surface area contributed by atoms with Gasteiger partial charge in [-0.05, 0) is 58.7 Å². The van der Waals surface area contributed by atoms with Crippen LogP contribution in [0.3, 0.4) is 0 Å². The first-order valence-electron chi connectivity index (χ1n) is 14.1. The molecule has 3 aromatic heterocycles. The van der Waals surface area contributed by atoms with Crippen LogP contribution < -0.4 is 0 Å². The van der Waals surface area contributed by atoms with E-state index in [1.54, 1.807) is 11.3 Å². The van der Waals surface area contributed by atoms with E-state index in [1.807, 2.05) is 12.1 Å². The molecule has 0 saturated carbocycles. The number of thiophene rings is 1. The van der Waals surface area contributed by atoms with E-state index in [1.165, 1.54) is 22.3 Å². The van der Waals surface area contributed by atoms with Gasteiger partial charge in [0.2, 0.25) is 11.8 Å². The molecule has 202 valence electrons. The quantitative estimate of drug-likeness (QED) is 0.211. The van der Waals surface area contributed by atoms with Gasteiger partial charge in [-0.2, -0.15) is 0 Å². The Balaban J connectivity index is 1.07. The normalized spacial score (nSPS) is 11.7. The molecule has 0 N–H and O–H groups in total. The maximum Gasteiger partial charge on any atom is 0.227 e. The smallest absolute Gasteiger partial charge is 0.227 e. The second kappa shape index (κ2) is 9.51. The average Bonchev–Trinajstić information content (AvgIpc) is 3.78. The number of oxazole rings is 2. The lowest BCUT2D eigenvalue weighted by Crippen LogP contribution is -1.80. The second-order valence-corrected chi connectivity index (χ2v) is 11.7. The van der Waals surface area contributed by atoms with Gasteiger partial charge in [0.25, 0.3) is 0 Å². The molecule has 43 heavy (non-hydrogen) atoms. The van der Waals surface area contributed by atoms with Crippen molar-refractivity contribution in [3.8, 4) is 45.2 Å². The number of hydrogen-bond acceptors (Lipinski definition) is 5. The maximum absolute atomic E-state index is 6.23. The van der Waals surface area contributed by atoms with Gasteiger partial charge in [0.15, 0.2) is 11.2 Å². The molecule has 6 aromatic carbocycles. The van der Waals surface area contributed by atoms with E-state index in [4.69, 9.17) is 18.8 Å². The van der Waals surface area contributed by atoms with Gasteiger partial charge in [-0.15, -0.1) is 11.3 Å². The van der Waals surface area contributed by atoms with Crippen LogP contribution in [0, 0.1) is 0 Å². The zero-order valence-corrected chi connectivity index (χ0v) is 23.6. The molecule has 5 heteroatoms. The van der Waals surface area contributed by atoms with Gasteiger partial charge in [0, 0.05) is 43.4 Å². The Morgan fingerprint density at radius 3 is 1.19 bits per heavy atom. The van der Waals surface area contributed by atoms with Crippen molar-refractivity contribution in [3.05, 3.63) is 133 Å². The highest BCUT2D eigenvalue weighted by atomic mass is 32.1. The molecule has 4 nitrogen and oxygen atoms in total. The van der Waals surface area contributed by atoms with E-state index in [-0.39, 0.29) is 0 Å². The number of hydrogen-bond donors (Lipinski definition) is 0. The van der Waals surface area contributed by atoms with Gasteiger partial charge in [0.1, 0.15) is 11.0 Å². The van der Waals surface area contributed by atoms with Crippen molar-refractivity contribution in [2.75, 3.05) is 0 Å². The molecule has 0 atom stereocenters. The highest BCUT2D eigenvalue weighted by Crippen LogP contribution is 2.40. The maximum atomic E-state index is 6.23. The molecule has 9 aromatic rings. The molecule has 9 rings (SSSR count). The molecule has 0 unspecified atom stereocenters. The van der Waals surface area contributed by atoms with Crippen LogP contribution in [0.5, 0.6) is 0 Å². The minimum atomic E-state index is 0.624. The Labute approximate surface area is 250 Å². The second-order valence-electron chi connectivity index (χ2n) is 10.7. The monoisotopic (exact) mass is 570 g/mol. The minimum Gasteiger partial charge on any atom is -0.436 e. The summed E-state index contributed by atoms with van der Waals surface area (Å²) in [4.78, 5) is 9.72. The fourth-order valence-corrected chi connectivity index (χ4v) is 6.86. The lowest BCUT2D eigenvalue weighted by Gasteiger charge is -2.02. The minimum absolute atomic E-state index is 0.624. The SMILES string of the molecule is c1ccc(-c2ccc(-c3nc4cc5c(cc4o3)sc3cc4oc(-c6ccc(-c7ccccc7)cc6)nc4cc35)cc2)cc1. The summed E-state index contributed by atoms with van der Waals surface area (Å²) in [5, 5.41) is 2.29. The topological polar surface area (TPSA) is 52.1 Å². The van der Waals surface area contributed by atoms with Crippen molar-refractivity contribution in [2.45, 2.75) is 0 Å². The van der Waals surface area contributed by atoms with Crippen LogP contribution in [0.2, 0.25) is 0 Å². The predicted octanol–water partition coefficient (Wildman–Crippen LogP) is 11.0. The number of nitrogens with zero attached hydrogens (tertiary/aromatic N) is 2. The van der Waals surface area contributed by atoms with Crippen LogP contribution in [0.15, 0.2) is 142 Å². The fourth-order valence-electron chi connectivity index (χ4n) is 5.74. The Bertz CT molecular complexity index is 2250. The lowest BCUT2D eigenvalue weighted by molar-refractivity contribution is 0.620. The van der Waals surface area contributed by atoms with Crippen LogP contribution >= 0.6 is 11.3 Å². The van der Waals surface area contributed by atoms with Crippen LogP contribution in [-0.4, -0.2) is 9.97 Å². The van der Waals surface area contributed by atoms with E-state index in [0.717, 1.165) is 53.5 Å². The third-order valence-electron chi connectivity index (χ3n) is 7.97. The van der Waals surface area contributed by atoms with Gasteiger partial charge in [0.05, 0.1) is 0 Å². The summed E-state index contributed by atoms with van der Waals surface area (Å²) in [7, 11) is 0. The van der Waals surface area contributed by atoms with Crippen molar-refractivity contribution in [3.63, 3.8) is 0 Å². The molecule has 0 bridgehead atoms. The third-order valence-corrected chi connectivity index (χ3v) is 9.08.